The van der Waals surface area contributed by atoms with Crippen LogP contribution in [0.4, 0.5) is 0 Å². The topological polar surface area (TPSA) is 24.9 Å². The molecule has 1 N–H and O–H groups in total. The Hall–Kier alpha value is -1.42. The molecule has 4 heteroatoms. The number of benzene rings is 1. The summed E-state index contributed by atoms with van der Waals surface area (Å²) in [5, 5.41) is 5.54. The second-order valence-corrected chi connectivity index (χ2v) is 6.23. The lowest BCUT2D eigenvalue weighted by Crippen LogP contribution is -2.17. The predicted octanol–water partition coefficient (Wildman–Crippen LogP) is 4.80. The largest absolute Gasteiger partial charge is 0.305 e. The van der Waals surface area contributed by atoms with Crippen LogP contribution in [0.25, 0.3) is 10.1 Å². The number of nitrogens with one attached hydrogen (secondary N) is 1. The van der Waals surface area contributed by atoms with Gasteiger partial charge in [-0.15, -0.1) is 11.3 Å². The summed E-state index contributed by atoms with van der Waals surface area (Å²) in [5.74, 6) is 0. The first-order valence-corrected chi connectivity index (χ1v) is 7.74. The minimum Gasteiger partial charge on any atom is -0.305 e. The molecule has 1 aromatic carbocycles. The lowest BCUT2D eigenvalue weighted by atomic mass is 10.1. The van der Waals surface area contributed by atoms with Gasteiger partial charge in [0.1, 0.15) is 0 Å². The van der Waals surface area contributed by atoms with E-state index in [-0.39, 0.29) is 6.04 Å². The summed E-state index contributed by atoms with van der Waals surface area (Å²) in [5.41, 5.74) is 1.23. The van der Waals surface area contributed by atoms with Crippen LogP contribution < -0.4 is 5.32 Å². The highest BCUT2D eigenvalue weighted by molar-refractivity contribution is 7.19. The van der Waals surface area contributed by atoms with Crippen molar-refractivity contribution in [3.63, 3.8) is 0 Å². The maximum atomic E-state index is 6.45. The molecule has 0 saturated carbocycles. The third-order valence-corrected chi connectivity index (χ3v) is 5.09. The Labute approximate surface area is 127 Å². The van der Waals surface area contributed by atoms with Crippen LogP contribution in [0.5, 0.6) is 0 Å². The Morgan fingerprint density at radius 1 is 1.20 bits per heavy atom. The molecule has 3 rings (SSSR count). The molecule has 1 atom stereocenters. The molecule has 0 aliphatic carbocycles. The van der Waals surface area contributed by atoms with E-state index in [1.165, 1.54) is 15.1 Å². The Balaban J connectivity index is 1.76. The third-order valence-electron chi connectivity index (χ3n) is 3.38. The molecule has 0 aliphatic rings. The Bertz CT molecular complexity index is 709. The van der Waals surface area contributed by atoms with Gasteiger partial charge in [-0.1, -0.05) is 29.8 Å². The van der Waals surface area contributed by atoms with Crippen LogP contribution in [0, 0.1) is 0 Å². The minimum absolute atomic E-state index is 0.277. The van der Waals surface area contributed by atoms with Crippen molar-refractivity contribution in [1.82, 2.24) is 10.3 Å². The normalized spacial score (nSPS) is 12.7. The van der Waals surface area contributed by atoms with Crippen LogP contribution in [-0.2, 0) is 6.54 Å². The van der Waals surface area contributed by atoms with Gasteiger partial charge in [0, 0.05) is 39.9 Å². The SMILES string of the molecule is C[C@@H](NCc1sc2ccccc2c1Cl)c1ccncc1. The van der Waals surface area contributed by atoms with Crippen LogP contribution in [-0.4, -0.2) is 4.98 Å². The quantitative estimate of drug-likeness (QED) is 0.749. The fourth-order valence-corrected chi connectivity index (χ4v) is 3.64. The minimum atomic E-state index is 0.277. The van der Waals surface area contributed by atoms with Crippen molar-refractivity contribution in [2.45, 2.75) is 19.5 Å². The highest BCUT2D eigenvalue weighted by atomic mass is 35.5. The highest BCUT2D eigenvalue weighted by Crippen LogP contribution is 2.35. The van der Waals surface area contributed by atoms with Gasteiger partial charge in [-0.25, -0.2) is 0 Å². The predicted molar refractivity (Wildman–Crippen MR) is 86.3 cm³/mol. The number of rotatable bonds is 4. The van der Waals surface area contributed by atoms with Gasteiger partial charge in [-0.3, -0.25) is 4.98 Å². The van der Waals surface area contributed by atoms with Crippen LogP contribution in [0.15, 0.2) is 48.8 Å². The van der Waals surface area contributed by atoms with Crippen molar-refractivity contribution < 1.29 is 0 Å². The van der Waals surface area contributed by atoms with E-state index < -0.39 is 0 Å². The molecule has 0 radical (unpaired) electrons. The molecule has 0 saturated heterocycles. The summed E-state index contributed by atoms with van der Waals surface area (Å²) < 4.78 is 1.24. The average Bonchev–Trinajstić information content (AvgIpc) is 2.83. The summed E-state index contributed by atoms with van der Waals surface area (Å²) in [6, 6.07) is 12.6. The number of thiophene rings is 1. The zero-order chi connectivity index (χ0) is 13.9. The van der Waals surface area contributed by atoms with Gasteiger partial charge in [-0.2, -0.15) is 0 Å². The smallest absolute Gasteiger partial charge is 0.0636 e. The average molecular weight is 303 g/mol. The molecule has 2 nitrogen and oxygen atoms in total. The lowest BCUT2D eigenvalue weighted by molar-refractivity contribution is 0.578. The van der Waals surface area contributed by atoms with Crippen molar-refractivity contribution in [3.8, 4) is 0 Å². The fraction of sp³-hybridized carbons (Fsp3) is 0.188. The van der Waals surface area contributed by atoms with Gasteiger partial charge < -0.3 is 5.32 Å². The molecule has 102 valence electrons. The van der Waals surface area contributed by atoms with Gasteiger partial charge in [0.15, 0.2) is 0 Å². The summed E-state index contributed by atoms with van der Waals surface area (Å²) in [4.78, 5) is 5.23. The highest BCUT2D eigenvalue weighted by Gasteiger charge is 2.11. The fourth-order valence-electron chi connectivity index (χ4n) is 2.19. The number of hydrogen-bond donors (Lipinski definition) is 1. The van der Waals surface area contributed by atoms with Gasteiger partial charge in [0.25, 0.3) is 0 Å². The van der Waals surface area contributed by atoms with Gasteiger partial charge in [0.2, 0.25) is 0 Å². The molecule has 0 unspecified atom stereocenters. The zero-order valence-electron chi connectivity index (χ0n) is 11.1. The molecule has 2 aromatic heterocycles. The van der Waals surface area contributed by atoms with E-state index in [2.05, 4.69) is 29.4 Å². The van der Waals surface area contributed by atoms with Crippen molar-refractivity contribution in [2.75, 3.05) is 0 Å². The Morgan fingerprint density at radius 3 is 2.70 bits per heavy atom. The van der Waals surface area contributed by atoms with Crippen molar-refractivity contribution in [2.24, 2.45) is 0 Å². The number of fused-ring (bicyclic) bond motifs is 1. The first-order valence-electron chi connectivity index (χ1n) is 6.55. The Kier molecular flexibility index (Phi) is 4.01. The zero-order valence-corrected chi connectivity index (χ0v) is 12.7. The van der Waals surface area contributed by atoms with Crippen LogP contribution in [0.3, 0.4) is 0 Å². The molecule has 3 aromatic rings. The lowest BCUT2D eigenvalue weighted by Gasteiger charge is -2.13. The Morgan fingerprint density at radius 2 is 1.95 bits per heavy atom. The van der Waals surface area contributed by atoms with E-state index in [1.807, 2.05) is 36.7 Å². The van der Waals surface area contributed by atoms with Crippen LogP contribution in [0.1, 0.15) is 23.4 Å². The summed E-state index contributed by atoms with van der Waals surface area (Å²) in [7, 11) is 0. The second kappa shape index (κ2) is 5.92. The molecule has 0 spiro atoms. The van der Waals surface area contributed by atoms with Gasteiger partial charge in [-0.05, 0) is 30.7 Å². The molecule has 0 aliphatic heterocycles. The number of pyridine rings is 1. The monoisotopic (exact) mass is 302 g/mol. The van der Waals surface area contributed by atoms with E-state index in [1.54, 1.807) is 11.3 Å². The van der Waals surface area contributed by atoms with Crippen LogP contribution >= 0.6 is 22.9 Å². The van der Waals surface area contributed by atoms with E-state index in [4.69, 9.17) is 11.6 Å². The molecular weight excluding hydrogens is 288 g/mol. The first kappa shape index (κ1) is 13.6. The van der Waals surface area contributed by atoms with Crippen molar-refractivity contribution in [1.29, 1.82) is 0 Å². The van der Waals surface area contributed by atoms with Crippen molar-refractivity contribution in [3.05, 3.63) is 64.3 Å². The maximum Gasteiger partial charge on any atom is 0.0636 e. The second-order valence-electron chi connectivity index (χ2n) is 4.72. The summed E-state index contributed by atoms with van der Waals surface area (Å²) in [6.45, 7) is 2.93. The van der Waals surface area contributed by atoms with E-state index in [9.17, 15) is 0 Å². The van der Waals surface area contributed by atoms with E-state index in [0.29, 0.717) is 0 Å². The van der Waals surface area contributed by atoms with Crippen LogP contribution in [0.2, 0.25) is 5.02 Å². The third kappa shape index (κ3) is 2.70. The number of hydrogen-bond acceptors (Lipinski definition) is 3. The number of aromatic nitrogens is 1. The van der Waals surface area contributed by atoms with E-state index >= 15 is 0 Å². The first-order chi connectivity index (χ1) is 9.75. The number of nitrogens with zero attached hydrogens (tertiary/aromatic N) is 1. The number of halogens is 1. The standard InChI is InChI=1S/C16H15ClN2S/c1-11(12-6-8-18-9-7-12)19-10-15-16(17)13-4-2-3-5-14(13)20-15/h2-9,11,19H,10H2,1H3/t11-/m1/s1. The molecule has 0 bridgehead atoms. The van der Waals surface area contributed by atoms with Gasteiger partial charge in [0.05, 0.1) is 5.02 Å². The summed E-state index contributed by atoms with van der Waals surface area (Å²) in [6.07, 6.45) is 3.64. The molecule has 2 heterocycles. The molecular formula is C16H15ClN2S. The van der Waals surface area contributed by atoms with Gasteiger partial charge >= 0.3 is 0 Å². The molecule has 0 amide bonds. The van der Waals surface area contributed by atoms with E-state index in [0.717, 1.165) is 17.0 Å². The van der Waals surface area contributed by atoms with Crippen molar-refractivity contribution >= 4 is 33.0 Å². The molecule has 0 fully saturated rings. The summed E-state index contributed by atoms with van der Waals surface area (Å²) >= 11 is 8.20. The maximum absolute atomic E-state index is 6.45. The molecule has 20 heavy (non-hydrogen) atoms.